The Morgan fingerprint density at radius 1 is 1.64 bits per heavy atom. The SMILES string of the molecule is CCCC(C#N)C(=O)NCC(C)OC. The highest BCUT2D eigenvalue weighted by Crippen LogP contribution is 2.04. The lowest BCUT2D eigenvalue weighted by molar-refractivity contribution is -0.124. The molecule has 0 aliphatic heterocycles. The van der Waals surface area contributed by atoms with Gasteiger partial charge in [0.1, 0.15) is 5.92 Å². The minimum atomic E-state index is -0.524. The van der Waals surface area contributed by atoms with Crippen molar-refractivity contribution in [1.82, 2.24) is 5.32 Å². The third-order valence-electron chi connectivity index (χ3n) is 2.02. The molecule has 1 N–H and O–H groups in total. The molecule has 1 amide bonds. The largest absolute Gasteiger partial charge is 0.380 e. The molecular formula is C10H18N2O2. The van der Waals surface area contributed by atoms with Crippen LogP contribution in [-0.4, -0.2) is 25.7 Å². The van der Waals surface area contributed by atoms with Crippen LogP contribution in [0.3, 0.4) is 0 Å². The van der Waals surface area contributed by atoms with Crippen molar-refractivity contribution in [2.75, 3.05) is 13.7 Å². The van der Waals surface area contributed by atoms with Gasteiger partial charge < -0.3 is 10.1 Å². The van der Waals surface area contributed by atoms with Gasteiger partial charge in [-0.3, -0.25) is 4.79 Å². The number of hydrogen-bond acceptors (Lipinski definition) is 3. The first-order chi connectivity index (χ1) is 6.65. The van der Waals surface area contributed by atoms with E-state index >= 15 is 0 Å². The minimum absolute atomic E-state index is 0.0140. The van der Waals surface area contributed by atoms with Crippen LogP contribution in [0.5, 0.6) is 0 Å². The van der Waals surface area contributed by atoms with Gasteiger partial charge >= 0.3 is 0 Å². The van der Waals surface area contributed by atoms with Crippen LogP contribution in [0.15, 0.2) is 0 Å². The Hall–Kier alpha value is -1.08. The molecule has 0 aromatic heterocycles. The second kappa shape index (κ2) is 7.34. The quantitative estimate of drug-likeness (QED) is 0.694. The number of ether oxygens (including phenoxy) is 1. The molecule has 0 heterocycles. The summed E-state index contributed by atoms with van der Waals surface area (Å²) in [5.74, 6) is -0.720. The first-order valence-corrected chi connectivity index (χ1v) is 4.85. The summed E-state index contributed by atoms with van der Waals surface area (Å²) < 4.78 is 4.98. The zero-order valence-electron chi connectivity index (χ0n) is 9.04. The van der Waals surface area contributed by atoms with Gasteiger partial charge in [-0.25, -0.2) is 0 Å². The molecule has 0 fully saturated rings. The third kappa shape index (κ3) is 4.83. The monoisotopic (exact) mass is 198 g/mol. The molecule has 0 aliphatic carbocycles. The predicted molar refractivity (Wildman–Crippen MR) is 53.5 cm³/mol. The van der Waals surface area contributed by atoms with Gasteiger partial charge in [0.05, 0.1) is 12.2 Å². The van der Waals surface area contributed by atoms with E-state index in [0.29, 0.717) is 13.0 Å². The zero-order chi connectivity index (χ0) is 11.0. The van der Waals surface area contributed by atoms with Crippen LogP contribution in [0.2, 0.25) is 0 Å². The number of hydrogen-bond donors (Lipinski definition) is 1. The molecular weight excluding hydrogens is 180 g/mol. The van der Waals surface area contributed by atoms with Gasteiger partial charge in [0, 0.05) is 13.7 Å². The third-order valence-corrected chi connectivity index (χ3v) is 2.02. The van der Waals surface area contributed by atoms with E-state index in [4.69, 9.17) is 10.00 Å². The first-order valence-electron chi connectivity index (χ1n) is 4.85. The van der Waals surface area contributed by atoms with Crippen molar-refractivity contribution in [3.8, 4) is 6.07 Å². The van der Waals surface area contributed by atoms with Crippen molar-refractivity contribution in [3.63, 3.8) is 0 Å². The molecule has 0 aromatic rings. The molecule has 0 rings (SSSR count). The maximum Gasteiger partial charge on any atom is 0.237 e. The molecule has 0 saturated heterocycles. The summed E-state index contributed by atoms with van der Waals surface area (Å²) in [6.45, 7) is 4.27. The number of amides is 1. The van der Waals surface area contributed by atoms with Crippen LogP contribution in [0.25, 0.3) is 0 Å². The van der Waals surface area contributed by atoms with Crippen molar-refractivity contribution in [3.05, 3.63) is 0 Å². The van der Waals surface area contributed by atoms with Crippen LogP contribution < -0.4 is 5.32 Å². The maximum absolute atomic E-state index is 11.4. The second-order valence-corrected chi connectivity index (χ2v) is 3.26. The number of methoxy groups -OCH3 is 1. The number of carbonyl (C=O) groups is 1. The molecule has 4 nitrogen and oxygen atoms in total. The van der Waals surface area contributed by atoms with E-state index in [0.717, 1.165) is 6.42 Å². The van der Waals surface area contributed by atoms with Crippen LogP contribution in [0.1, 0.15) is 26.7 Å². The number of nitrogens with zero attached hydrogens (tertiary/aromatic N) is 1. The normalized spacial score (nSPS) is 14.1. The summed E-state index contributed by atoms with van der Waals surface area (Å²) >= 11 is 0. The Kier molecular flexibility index (Phi) is 6.77. The lowest BCUT2D eigenvalue weighted by Gasteiger charge is -2.12. The molecule has 0 bridgehead atoms. The Morgan fingerprint density at radius 2 is 2.29 bits per heavy atom. The topological polar surface area (TPSA) is 62.1 Å². The molecule has 0 aliphatic rings. The average Bonchev–Trinajstić information content (AvgIpc) is 2.21. The number of rotatable bonds is 6. The predicted octanol–water partition coefficient (Wildman–Crippen LogP) is 1.08. The van der Waals surface area contributed by atoms with Gasteiger partial charge in [0.15, 0.2) is 0 Å². The van der Waals surface area contributed by atoms with E-state index in [1.54, 1.807) is 7.11 Å². The molecule has 0 radical (unpaired) electrons. The summed E-state index contributed by atoms with van der Waals surface area (Å²) in [5.41, 5.74) is 0. The smallest absolute Gasteiger partial charge is 0.237 e. The van der Waals surface area contributed by atoms with Gasteiger partial charge in [-0.15, -0.1) is 0 Å². The van der Waals surface area contributed by atoms with E-state index in [1.807, 2.05) is 19.9 Å². The summed E-state index contributed by atoms with van der Waals surface area (Å²) in [6, 6.07) is 1.99. The average molecular weight is 198 g/mol. The first kappa shape index (κ1) is 12.9. The number of nitrogens with one attached hydrogen (secondary N) is 1. The van der Waals surface area contributed by atoms with Gasteiger partial charge in [-0.1, -0.05) is 13.3 Å². The lowest BCUT2D eigenvalue weighted by Crippen LogP contribution is -2.35. The Bertz CT molecular complexity index is 211. The highest BCUT2D eigenvalue weighted by atomic mass is 16.5. The maximum atomic E-state index is 11.4. The Labute approximate surface area is 85.2 Å². The van der Waals surface area contributed by atoms with Crippen LogP contribution >= 0.6 is 0 Å². The molecule has 2 atom stereocenters. The van der Waals surface area contributed by atoms with Crippen molar-refractivity contribution in [2.45, 2.75) is 32.8 Å². The van der Waals surface area contributed by atoms with E-state index in [1.165, 1.54) is 0 Å². The van der Waals surface area contributed by atoms with Crippen LogP contribution in [-0.2, 0) is 9.53 Å². The summed E-state index contributed by atoms with van der Waals surface area (Å²) in [4.78, 5) is 11.4. The Morgan fingerprint density at radius 3 is 2.71 bits per heavy atom. The van der Waals surface area contributed by atoms with Crippen molar-refractivity contribution in [1.29, 1.82) is 5.26 Å². The van der Waals surface area contributed by atoms with E-state index < -0.39 is 5.92 Å². The second-order valence-electron chi connectivity index (χ2n) is 3.26. The Balaban J connectivity index is 3.88. The fourth-order valence-electron chi connectivity index (χ4n) is 0.994. The van der Waals surface area contributed by atoms with Gasteiger partial charge in [0.25, 0.3) is 0 Å². The summed E-state index contributed by atoms with van der Waals surface area (Å²) in [7, 11) is 1.59. The summed E-state index contributed by atoms with van der Waals surface area (Å²) in [5, 5.41) is 11.4. The van der Waals surface area contributed by atoms with E-state index in [-0.39, 0.29) is 12.0 Å². The van der Waals surface area contributed by atoms with Crippen molar-refractivity contribution < 1.29 is 9.53 Å². The molecule has 14 heavy (non-hydrogen) atoms. The van der Waals surface area contributed by atoms with Crippen LogP contribution in [0, 0.1) is 17.2 Å². The molecule has 0 saturated carbocycles. The van der Waals surface area contributed by atoms with E-state index in [9.17, 15) is 4.79 Å². The molecule has 4 heteroatoms. The number of nitriles is 1. The van der Waals surface area contributed by atoms with Crippen molar-refractivity contribution in [2.24, 2.45) is 5.92 Å². The standard InChI is InChI=1S/C10H18N2O2/c1-4-5-9(6-11)10(13)12-7-8(2)14-3/h8-9H,4-5,7H2,1-3H3,(H,12,13). The fraction of sp³-hybridized carbons (Fsp3) is 0.800. The highest BCUT2D eigenvalue weighted by Gasteiger charge is 2.16. The van der Waals surface area contributed by atoms with Crippen LogP contribution in [0.4, 0.5) is 0 Å². The molecule has 80 valence electrons. The van der Waals surface area contributed by atoms with E-state index in [2.05, 4.69) is 5.32 Å². The van der Waals surface area contributed by atoms with Gasteiger partial charge in [-0.05, 0) is 13.3 Å². The lowest BCUT2D eigenvalue weighted by atomic mass is 10.1. The minimum Gasteiger partial charge on any atom is -0.380 e. The number of carbonyl (C=O) groups excluding carboxylic acids is 1. The zero-order valence-corrected chi connectivity index (χ0v) is 9.04. The van der Waals surface area contributed by atoms with Gasteiger partial charge in [-0.2, -0.15) is 5.26 Å². The molecule has 0 spiro atoms. The molecule has 2 unspecified atom stereocenters. The van der Waals surface area contributed by atoms with Gasteiger partial charge in [0.2, 0.25) is 5.91 Å². The fourth-order valence-corrected chi connectivity index (χ4v) is 0.994. The highest BCUT2D eigenvalue weighted by molar-refractivity contribution is 5.80. The summed E-state index contributed by atoms with van der Waals surface area (Å²) in [6.07, 6.45) is 1.44. The molecule has 0 aromatic carbocycles. The van der Waals surface area contributed by atoms with Crippen molar-refractivity contribution >= 4 is 5.91 Å².